The zero-order valence-electron chi connectivity index (χ0n) is 17.9. The van der Waals surface area contributed by atoms with Crippen molar-refractivity contribution >= 4 is 17.8 Å². The van der Waals surface area contributed by atoms with Gasteiger partial charge >= 0.3 is 6.01 Å². The van der Waals surface area contributed by atoms with E-state index in [4.69, 9.17) is 15.2 Å². The maximum Gasteiger partial charge on any atom is 0.327 e. The summed E-state index contributed by atoms with van der Waals surface area (Å²) in [4.78, 5) is 37.0. The van der Waals surface area contributed by atoms with Gasteiger partial charge in [0.05, 0.1) is 25.2 Å². The lowest BCUT2D eigenvalue weighted by Crippen LogP contribution is -2.37. The van der Waals surface area contributed by atoms with E-state index < -0.39 is 0 Å². The summed E-state index contributed by atoms with van der Waals surface area (Å²) >= 11 is 0. The predicted octanol–water partition coefficient (Wildman–Crippen LogP) is 1.17. The topological polar surface area (TPSA) is 132 Å². The number of carbonyl (C=O) groups is 1. The van der Waals surface area contributed by atoms with Crippen molar-refractivity contribution in [2.75, 3.05) is 51.0 Å². The minimum Gasteiger partial charge on any atom is -0.424 e. The summed E-state index contributed by atoms with van der Waals surface area (Å²) in [6.07, 6.45) is 3.43. The van der Waals surface area contributed by atoms with Crippen LogP contribution in [0.5, 0.6) is 11.8 Å². The molecule has 0 radical (unpaired) electrons. The van der Waals surface area contributed by atoms with Crippen LogP contribution in [0.25, 0.3) is 11.4 Å². The van der Waals surface area contributed by atoms with Crippen LogP contribution in [0, 0.1) is 0 Å². The highest BCUT2D eigenvalue weighted by atomic mass is 16.5. The molecule has 0 spiro atoms. The van der Waals surface area contributed by atoms with Crippen molar-refractivity contribution in [1.29, 1.82) is 0 Å². The summed E-state index contributed by atoms with van der Waals surface area (Å²) in [5, 5.41) is 0. The van der Waals surface area contributed by atoms with Gasteiger partial charge in [-0.2, -0.15) is 15.0 Å². The smallest absolute Gasteiger partial charge is 0.327 e. The lowest BCUT2D eigenvalue weighted by molar-refractivity contribution is -0.127. The molecule has 1 aliphatic heterocycles. The molecule has 1 amide bonds. The Balaban J connectivity index is 1.60. The molecule has 166 valence electrons. The molecular weight excluding hydrogens is 412 g/mol. The molecule has 1 fully saturated rings. The van der Waals surface area contributed by atoms with Crippen LogP contribution < -0.4 is 15.4 Å². The Labute approximate surface area is 185 Å². The van der Waals surface area contributed by atoms with Gasteiger partial charge in [-0.3, -0.25) is 4.79 Å². The first-order valence-corrected chi connectivity index (χ1v) is 10.1. The SMILES string of the molecule is CN(C)C(=O)Cc1ccc(Oc2nc(-c3cnc(N)nc3)nc(N3CCOCC3)n2)cc1. The fourth-order valence-corrected chi connectivity index (χ4v) is 2.99. The fourth-order valence-electron chi connectivity index (χ4n) is 2.99. The first kappa shape index (κ1) is 21.4. The minimum absolute atomic E-state index is 0.0293. The molecule has 3 aromatic rings. The number of anilines is 2. The highest BCUT2D eigenvalue weighted by Crippen LogP contribution is 2.24. The molecular formula is C21H24N8O3. The molecule has 0 atom stereocenters. The number of carbonyl (C=O) groups excluding carboxylic acids is 1. The molecule has 2 aromatic heterocycles. The number of nitrogens with zero attached hydrogens (tertiary/aromatic N) is 7. The average molecular weight is 436 g/mol. The Hall–Kier alpha value is -3.86. The van der Waals surface area contributed by atoms with Crippen molar-refractivity contribution in [3.63, 3.8) is 0 Å². The second-order valence-electron chi connectivity index (χ2n) is 7.38. The van der Waals surface area contributed by atoms with Crippen LogP contribution >= 0.6 is 0 Å². The third-order valence-corrected chi connectivity index (χ3v) is 4.81. The molecule has 1 saturated heterocycles. The van der Waals surface area contributed by atoms with Crippen molar-refractivity contribution in [2.24, 2.45) is 0 Å². The van der Waals surface area contributed by atoms with Gasteiger partial charge in [-0.15, -0.1) is 0 Å². The molecule has 32 heavy (non-hydrogen) atoms. The van der Waals surface area contributed by atoms with Crippen LogP contribution in [0.4, 0.5) is 11.9 Å². The van der Waals surface area contributed by atoms with Gasteiger partial charge in [0.1, 0.15) is 5.75 Å². The number of nitrogens with two attached hydrogens (primary N) is 1. The molecule has 1 aromatic carbocycles. The molecule has 2 N–H and O–H groups in total. The van der Waals surface area contributed by atoms with Gasteiger partial charge in [-0.1, -0.05) is 12.1 Å². The van der Waals surface area contributed by atoms with E-state index >= 15 is 0 Å². The Bertz CT molecular complexity index is 1070. The minimum atomic E-state index is 0.0293. The van der Waals surface area contributed by atoms with E-state index in [9.17, 15) is 4.79 Å². The van der Waals surface area contributed by atoms with Gasteiger partial charge < -0.3 is 25.0 Å². The van der Waals surface area contributed by atoms with Crippen LogP contribution in [0.2, 0.25) is 0 Å². The molecule has 0 bridgehead atoms. The molecule has 0 aliphatic carbocycles. The standard InChI is InChI=1S/C21H24N8O3/c1-28(2)17(30)11-14-3-5-16(6-4-14)32-21-26-18(15-12-23-19(22)24-13-15)25-20(27-21)29-7-9-31-10-8-29/h3-6,12-13H,7-11H2,1-2H3,(H2,22,23,24). The summed E-state index contributed by atoms with van der Waals surface area (Å²) < 4.78 is 11.3. The van der Waals surface area contributed by atoms with Crippen molar-refractivity contribution < 1.29 is 14.3 Å². The number of benzene rings is 1. The van der Waals surface area contributed by atoms with Crippen molar-refractivity contribution in [3.8, 4) is 23.1 Å². The fraction of sp³-hybridized carbons (Fsp3) is 0.333. The van der Waals surface area contributed by atoms with Gasteiger partial charge in [-0.25, -0.2) is 9.97 Å². The first-order chi connectivity index (χ1) is 15.5. The van der Waals surface area contributed by atoms with Crippen LogP contribution in [-0.2, 0) is 16.0 Å². The summed E-state index contributed by atoms with van der Waals surface area (Å²) in [6.45, 7) is 2.51. The molecule has 3 heterocycles. The number of morpholine rings is 1. The van der Waals surface area contributed by atoms with Crippen molar-refractivity contribution in [3.05, 3.63) is 42.2 Å². The maximum absolute atomic E-state index is 11.9. The third-order valence-electron chi connectivity index (χ3n) is 4.81. The zero-order chi connectivity index (χ0) is 22.5. The summed E-state index contributed by atoms with van der Waals surface area (Å²) in [5.74, 6) is 1.61. The Morgan fingerprint density at radius 3 is 2.44 bits per heavy atom. The van der Waals surface area contributed by atoms with Crippen molar-refractivity contribution in [1.82, 2.24) is 29.8 Å². The predicted molar refractivity (Wildman–Crippen MR) is 117 cm³/mol. The number of aromatic nitrogens is 5. The normalized spacial score (nSPS) is 13.6. The number of hydrogen-bond donors (Lipinski definition) is 1. The number of ether oxygens (including phenoxy) is 2. The summed E-state index contributed by atoms with van der Waals surface area (Å²) in [5.41, 5.74) is 7.08. The van der Waals surface area contributed by atoms with E-state index in [1.54, 1.807) is 43.5 Å². The second kappa shape index (κ2) is 9.52. The van der Waals surface area contributed by atoms with Crippen molar-refractivity contribution in [2.45, 2.75) is 6.42 Å². The molecule has 11 nitrogen and oxygen atoms in total. The van der Waals surface area contributed by atoms with E-state index in [1.807, 2.05) is 17.0 Å². The van der Waals surface area contributed by atoms with Crippen LogP contribution in [0.3, 0.4) is 0 Å². The van der Waals surface area contributed by atoms with E-state index in [2.05, 4.69) is 24.9 Å². The summed E-state index contributed by atoms with van der Waals surface area (Å²) in [6, 6.07) is 7.39. The first-order valence-electron chi connectivity index (χ1n) is 10.1. The van der Waals surface area contributed by atoms with E-state index in [-0.39, 0.29) is 17.9 Å². The molecule has 11 heteroatoms. The highest BCUT2D eigenvalue weighted by Gasteiger charge is 2.18. The molecule has 0 unspecified atom stereocenters. The lowest BCUT2D eigenvalue weighted by atomic mass is 10.1. The van der Waals surface area contributed by atoms with E-state index in [0.717, 1.165) is 5.56 Å². The number of amides is 1. The molecule has 1 aliphatic rings. The van der Waals surface area contributed by atoms with Gasteiger partial charge in [-0.05, 0) is 17.7 Å². The number of likely N-dealkylation sites (N-methyl/N-ethyl adjacent to an activating group) is 1. The largest absolute Gasteiger partial charge is 0.424 e. The Morgan fingerprint density at radius 1 is 1.09 bits per heavy atom. The number of nitrogen functional groups attached to an aromatic ring is 1. The van der Waals surface area contributed by atoms with Gasteiger partial charge in [0, 0.05) is 39.6 Å². The highest BCUT2D eigenvalue weighted by molar-refractivity contribution is 5.78. The second-order valence-corrected chi connectivity index (χ2v) is 7.38. The quantitative estimate of drug-likeness (QED) is 0.600. The third kappa shape index (κ3) is 5.24. The van der Waals surface area contributed by atoms with Crippen LogP contribution in [0.1, 0.15) is 5.56 Å². The maximum atomic E-state index is 11.9. The lowest BCUT2D eigenvalue weighted by Gasteiger charge is -2.27. The van der Waals surface area contributed by atoms with E-state index in [0.29, 0.717) is 55.8 Å². The summed E-state index contributed by atoms with van der Waals surface area (Å²) in [7, 11) is 3.46. The van der Waals surface area contributed by atoms with Crippen LogP contribution in [0.15, 0.2) is 36.7 Å². The zero-order valence-corrected chi connectivity index (χ0v) is 17.9. The molecule has 0 saturated carbocycles. The van der Waals surface area contributed by atoms with Gasteiger partial charge in [0.2, 0.25) is 17.8 Å². The number of rotatable bonds is 6. The van der Waals surface area contributed by atoms with E-state index in [1.165, 1.54) is 0 Å². The Kier molecular flexibility index (Phi) is 6.36. The van der Waals surface area contributed by atoms with Gasteiger partial charge in [0.25, 0.3) is 0 Å². The molecule has 4 rings (SSSR count). The van der Waals surface area contributed by atoms with Crippen LogP contribution in [-0.4, -0.2) is 76.1 Å². The average Bonchev–Trinajstić information content (AvgIpc) is 2.81. The number of hydrogen-bond acceptors (Lipinski definition) is 10. The monoisotopic (exact) mass is 436 g/mol. The van der Waals surface area contributed by atoms with Gasteiger partial charge in [0.15, 0.2) is 5.82 Å². The Morgan fingerprint density at radius 2 is 1.78 bits per heavy atom.